The monoisotopic (exact) mass is 353 g/mol. The van der Waals surface area contributed by atoms with E-state index in [1.807, 2.05) is 0 Å². The summed E-state index contributed by atoms with van der Waals surface area (Å²) in [5.41, 5.74) is -1.84. The number of aliphatic hydroxyl groups is 1. The molecule has 23 heavy (non-hydrogen) atoms. The van der Waals surface area contributed by atoms with Gasteiger partial charge in [0.25, 0.3) is 0 Å². The summed E-state index contributed by atoms with van der Waals surface area (Å²) in [6, 6.07) is 3.24. The van der Waals surface area contributed by atoms with Gasteiger partial charge in [-0.3, -0.25) is 0 Å². The number of hydrogen-bond acceptors (Lipinski definition) is 3. The molecule has 0 unspecified atom stereocenters. The Morgan fingerprint density at radius 3 is 2.22 bits per heavy atom. The molecule has 0 amide bonds. The Bertz CT molecular complexity index is 652. The highest BCUT2D eigenvalue weighted by molar-refractivity contribution is 7.89. The van der Waals surface area contributed by atoms with Crippen LogP contribution in [0.4, 0.5) is 13.2 Å². The Morgan fingerprint density at radius 2 is 1.78 bits per heavy atom. The molecule has 8 heteroatoms. The minimum atomic E-state index is -4.78. The molecule has 0 radical (unpaired) electrons. The Labute approximate surface area is 134 Å². The lowest BCUT2D eigenvalue weighted by atomic mass is 10.0. The van der Waals surface area contributed by atoms with Crippen LogP contribution in [-0.4, -0.2) is 25.7 Å². The van der Waals surface area contributed by atoms with Crippen molar-refractivity contribution >= 4 is 10.0 Å². The molecule has 4 nitrogen and oxygen atoms in total. The van der Waals surface area contributed by atoms with E-state index in [-0.39, 0.29) is 18.9 Å². The van der Waals surface area contributed by atoms with Gasteiger partial charge in [0.2, 0.25) is 10.0 Å². The molecule has 1 rings (SSSR count). The van der Waals surface area contributed by atoms with Gasteiger partial charge in [0, 0.05) is 12.1 Å². The lowest BCUT2D eigenvalue weighted by molar-refractivity contribution is -0.140. The van der Waals surface area contributed by atoms with Crippen molar-refractivity contribution in [2.75, 3.05) is 6.61 Å². The second-order valence-corrected chi connectivity index (χ2v) is 8.02. The van der Waals surface area contributed by atoms with E-state index in [0.717, 1.165) is 12.1 Å². The van der Waals surface area contributed by atoms with E-state index in [1.54, 1.807) is 13.8 Å². The maximum absolute atomic E-state index is 13.3. The molecule has 1 aromatic rings. The summed E-state index contributed by atoms with van der Waals surface area (Å²) < 4.78 is 66.8. The van der Waals surface area contributed by atoms with Gasteiger partial charge in [0.15, 0.2) is 0 Å². The minimum Gasteiger partial charge on any atom is -0.396 e. The molecule has 0 bridgehead atoms. The lowest BCUT2D eigenvalue weighted by Gasteiger charge is -2.26. The highest BCUT2D eigenvalue weighted by Crippen LogP contribution is 2.36. The van der Waals surface area contributed by atoms with Crippen molar-refractivity contribution in [1.29, 1.82) is 0 Å². The SMILES string of the molecule is CC(C)c1ccc(S(=O)(=O)NC(C)(C)CCO)c(C(F)(F)F)c1. The van der Waals surface area contributed by atoms with Crippen molar-refractivity contribution in [3.8, 4) is 0 Å². The predicted molar refractivity (Wildman–Crippen MR) is 81.6 cm³/mol. The third kappa shape index (κ3) is 5.19. The number of nitrogens with one attached hydrogen (secondary N) is 1. The Hall–Kier alpha value is -1.12. The van der Waals surface area contributed by atoms with E-state index >= 15 is 0 Å². The molecule has 0 fully saturated rings. The van der Waals surface area contributed by atoms with Crippen LogP contribution in [0.2, 0.25) is 0 Å². The van der Waals surface area contributed by atoms with Crippen molar-refractivity contribution in [2.24, 2.45) is 0 Å². The molecule has 0 saturated carbocycles. The van der Waals surface area contributed by atoms with Crippen molar-refractivity contribution in [1.82, 2.24) is 4.72 Å². The number of halogens is 3. The standard InChI is InChI=1S/C15H22F3NO3S/c1-10(2)11-5-6-13(12(9-11)15(16,17)18)23(21,22)19-14(3,4)7-8-20/h5-6,9-10,19-20H,7-8H2,1-4H3. The van der Waals surface area contributed by atoms with Crippen LogP contribution in [0.3, 0.4) is 0 Å². The first kappa shape index (κ1) is 19.9. The van der Waals surface area contributed by atoms with Crippen molar-refractivity contribution in [3.05, 3.63) is 29.3 Å². The number of hydrogen-bond donors (Lipinski definition) is 2. The predicted octanol–water partition coefficient (Wildman–Crippen LogP) is 3.27. The van der Waals surface area contributed by atoms with Gasteiger partial charge < -0.3 is 5.11 Å². The summed E-state index contributed by atoms with van der Waals surface area (Å²) >= 11 is 0. The summed E-state index contributed by atoms with van der Waals surface area (Å²) in [6.45, 7) is 6.17. The normalized spacial score (nSPS) is 13.6. The molecule has 0 heterocycles. The minimum absolute atomic E-state index is 0.0810. The zero-order valence-electron chi connectivity index (χ0n) is 13.5. The van der Waals surface area contributed by atoms with Crippen molar-refractivity contribution in [2.45, 2.75) is 56.6 Å². The summed E-state index contributed by atoms with van der Waals surface area (Å²) in [4.78, 5) is -0.805. The van der Waals surface area contributed by atoms with Gasteiger partial charge in [-0.05, 0) is 43.9 Å². The van der Waals surface area contributed by atoms with E-state index in [4.69, 9.17) is 5.11 Å². The van der Waals surface area contributed by atoms with Gasteiger partial charge in [0.05, 0.1) is 10.5 Å². The van der Waals surface area contributed by atoms with Crippen LogP contribution in [0.15, 0.2) is 23.1 Å². The van der Waals surface area contributed by atoms with Gasteiger partial charge in [-0.1, -0.05) is 19.9 Å². The molecular formula is C15H22F3NO3S. The first-order valence-corrected chi connectivity index (χ1v) is 8.64. The quantitative estimate of drug-likeness (QED) is 0.825. The molecule has 2 N–H and O–H groups in total. The highest BCUT2D eigenvalue weighted by atomic mass is 32.2. The molecular weight excluding hydrogens is 331 g/mol. The van der Waals surface area contributed by atoms with E-state index in [1.165, 1.54) is 19.9 Å². The number of rotatable bonds is 6. The van der Waals surface area contributed by atoms with Crippen LogP contribution in [0.1, 0.15) is 51.2 Å². The smallest absolute Gasteiger partial charge is 0.396 e. The van der Waals surface area contributed by atoms with Gasteiger partial charge in [-0.2, -0.15) is 13.2 Å². The fraction of sp³-hybridized carbons (Fsp3) is 0.600. The topological polar surface area (TPSA) is 66.4 Å². The lowest BCUT2D eigenvalue weighted by Crippen LogP contribution is -2.44. The van der Waals surface area contributed by atoms with Gasteiger partial charge in [0.1, 0.15) is 0 Å². The average Bonchev–Trinajstić information content (AvgIpc) is 2.35. The Balaban J connectivity index is 3.41. The molecule has 1 aromatic carbocycles. The van der Waals surface area contributed by atoms with Gasteiger partial charge in [-0.15, -0.1) is 0 Å². The largest absolute Gasteiger partial charge is 0.417 e. The zero-order valence-corrected chi connectivity index (χ0v) is 14.3. The van der Waals surface area contributed by atoms with Crippen LogP contribution >= 0.6 is 0 Å². The molecule has 0 saturated heterocycles. The fourth-order valence-electron chi connectivity index (χ4n) is 2.11. The molecule has 0 aliphatic carbocycles. The average molecular weight is 353 g/mol. The van der Waals surface area contributed by atoms with Crippen LogP contribution in [0.25, 0.3) is 0 Å². The summed E-state index contributed by atoms with van der Waals surface area (Å²) in [5, 5.41) is 8.94. The van der Waals surface area contributed by atoms with Crippen LogP contribution in [-0.2, 0) is 16.2 Å². The van der Waals surface area contributed by atoms with Crippen LogP contribution in [0, 0.1) is 0 Å². The summed E-state index contributed by atoms with van der Waals surface area (Å²) in [7, 11) is -4.38. The summed E-state index contributed by atoms with van der Waals surface area (Å²) in [6.07, 6.45) is -4.70. The molecule has 0 aliphatic heterocycles. The Kier molecular flexibility index (Phi) is 5.88. The van der Waals surface area contributed by atoms with Gasteiger partial charge in [-0.25, -0.2) is 13.1 Å². The summed E-state index contributed by atoms with van der Waals surface area (Å²) in [5.74, 6) is -0.161. The Morgan fingerprint density at radius 1 is 1.22 bits per heavy atom. The first-order chi connectivity index (χ1) is 10.3. The van der Waals surface area contributed by atoms with Gasteiger partial charge >= 0.3 is 6.18 Å². The van der Waals surface area contributed by atoms with E-state index in [2.05, 4.69) is 4.72 Å². The second kappa shape index (κ2) is 6.78. The number of sulfonamides is 1. The number of aliphatic hydroxyl groups excluding tert-OH is 1. The first-order valence-electron chi connectivity index (χ1n) is 7.16. The molecule has 0 aromatic heterocycles. The fourth-order valence-corrected chi connectivity index (χ4v) is 3.76. The number of alkyl halides is 3. The maximum Gasteiger partial charge on any atom is 0.417 e. The van der Waals surface area contributed by atoms with Crippen molar-refractivity contribution < 1.29 is 26.7 Å². The highest BCUT2D eigenvalue weighted by Gasteiger charge is 2.39. The van der Waals surface area contributed by atoms with Crippen LogP contribution < -0.4 is 4.72 Å². The second-order valence-electron chi connectivity index (χ2n) is 6.37. The third-order valence-electron chi connectivity index (χ3n) is 3.41. The van der Waals surface area contributed by atoms with E-state index < -0.39 is 32.2 Å². The number of benzene rings is 1. The van der Waals surface area contributed by atoms with Crippen LogP contribution in [0.5, 0.6) is 0 Å². The van der Waals surface area contributed by atoms with Crippen molar-refractivity contribution in [3.63, 3.8) is 0 Å². The molecule has 0 atom stereocenters. The maximum atomic E-state index is 13.3. The molecule has 0 spiro atoms. The molecule has 0 aliphatic rings. The molecule has 132 valence electrons. The van der Waals surface area contributed by atoms with E-state index in [9.17, 15) is 21.6 Å². The van der Waals surface area contributed by atoms with E-state index in [0.29, 0.717) is 5.56 Å². The zero-order chi connectivity index (χ0) is 18.1. The third-order valence-corrected chi connectivity index (χ3v) is 5.17.